The summed E-state index contributed by atoms with van der Waals surface area (Å²) in [5.74, 6) is -3.03. The van der Waals surface area contributed by atoms with Gasteiger partial charge in [0.15, 0.2) is 0 Å². The summed E-state index contributed by atoms with van der Waals surface area (Å²) >= 11 is 0. The lowest BCUT2D eigenvalue weighted by Gasteiger charge is -2.27. The summed E-state index contributed by atoms with van der Waals surface area (Å²) in [6, 6.07) is 51.6. The molecule has 0 unspecified atom stereocenters. The molecule has 0 saturated heterocycles. The molecule has 0 aliphatic carbocycles. The fraction of sp³-hybridized carbons (Fsp3) is 0. The highest BCUT2D eigenvalue weighted by atomic mass is 19.1. The first kappa shape index (κ1) is 34.8. The molecule has 0 fully saturated rings. The molecule has 8 rings (SSSR count). The standard InChI is InChI=1S/C46H30F4N4O/c47-31-21-23-39(41(49)25-31)43-27-37(53(33-13-5-1-6-14-33)34-15-7-2-8-16-34)29-45(51-43)55-46-30-38(28-44(52-46)40-24-22-32(48)26-42(40)50)54(35-17-9-3-10-18-35)36-19-11-4-12-20-36/h1-30H. The third-order valence-electron chi connectivity index (χ3n) is 8.77. The zero-order chi connectivity index (χ0) is 37.7. The average molecular weight is 731 g/mol. The second-order valence-corrected chi connectivity index (χ2v) is 12.5. The monoisotopic (exact) mass is 730 g/mol. The number of aromatic nitrogens is 2. The minimum atomic E-state index is -0.808. The van der Waals surface area contributed by atoms with Crippen molar-refractivity contribution >= 4 is 34.1 Å². The Kier molecular flexibility index (Phi) is 9.73. The van der Waals surface area contributed by atoms with Crippen LogP contribution in [0.25, 0.3) is 22.5 Å². The lowest BCUT2D eigenvalue weighted by Crippen LogP contribution is -2.11. The SMILES string of the molecule is Fc1ccc(-c2cc(N(c3ccccc3)c3ccccc3)cc(Oc3cc(N(c4ccccc4)c4ccccc4)cc(-c4ccc(F)cc4F)n3)n2)c(F)c1. The van der Waals surface area contributed by atoms with Gasteiger partial charge >= 0.3 is 0 Å². The number of rotatable bonds is 10. The maximum Gasteiger partial charge on any atom is 0.223 e. The number of benzene rings is 6. The van der Waals surface area contributed by atoms with Gasteiger partial charge in [-0.15, -0.1) is 0 Å². The summed E-state index contributed by atoms with van der Waals surface area (Å²) in [4.78, 5) is 13.3. The van der Waals surface area contributed by atoms with E-state index in [1.807, 2.05) is 131 Å². The first-order chi connectivity index (χ1) is 26.9. The van der Waals surface area contributed by atoms with E-state index in [9.17, 15) is 8.78 Å². The van der Waals surface area contributed by atoms with Gasteiger partial charge in [0.25, 0.3) is 0 Å². The highest BCUT2D eigenvalue weighted by molar-refractivity contribution is 5.81. The van der Waals surface area contributed by atoms with Gasteiger partial charge in [0, 0.05) is 58.1 Å². The molecule has 0 radical (unpaired) electrons. The lowest BCUT2D eigenvalue weighted by molar-refractivity contribution is 0.446. The second kappa shape index (κ2) is 15.4. The third kappa shape index (κ3) is 7.63. The molecule has 5 nitrogen and oxygen atoms in total. The Morgan fingerprint density at radius 1 is 0.345 bits per heavy atom. The topological polar surface area (TPSA) is 41.5 Å². The minimum Gasteiger partial charge on any atom is -0.421 e. The Morgan fingerprint density at radius 2 is 0.673 bits per heavy atom. The predicted molar refractivity (Wildman–Crippen MR) is 209 cm³/mol. The van der Waals surface area contributed by atoms with E-state index in [1.165, 1.54) is 12.1 Å². The number of anilines is 6. The summed E-state index contributed by atoms with van der Waals surface area (Å²) in [7, 11) is 0. The number of halogens is 4. The van der Waals surface area contributed by atoms with Gasteiger partial charge in [0.1, 0.15) is 23.3 Å². The van der Waals surface area contributed by atoms with Crippen LogP contribution in [0.1, 0.15) is 0 Å². The molecule has 0 atom stereocenters. The van der Waals surface area contributed by atoms with E-state index in [0.717, 1.165) is 47.0 Å². The van der Waals surface area contributed by atoms with Gasteiger partial charge in [0.05, 0.1) is 22.8 Å². The third-order valence-corrected chi connectivity index (χ3v) is 8.77. The van der Waals surface area contributed by atoms with Crippen LogP contribution in [0.3, 0.4) is 0 Å². The summed E-state index contributed by atoms with van der Waals surface area (Å²) < 4.78 is 65.6. The van der Waals surface area contributed by atoms with Gasteiger partial charge in [-0.3, -0.25) is 0 Å². The van der Waals surface area contributed by atoms with Crippen LogP contribution in [0.2, 0.25) is 0 Å². The molecular weight excluding hydrogens is 701 g/mol. The molecule has 9 heteroatoms. The number of nitrogens with zero attached hydrogens (tertiary/aromatic N) is 4. The van der Waals surface area contributed by atoms with Crippen LogP contribution < -0.4 is 14.5 Å². The van der Waals surface area contributed by atoms with Crippen LogP contribution in [0.4, 0.5) is 51.7 Å². The predicted octanol–water partition coefficient (Wildman–Crippen LogP) is 13.1. The molecule has 6 aromatic carbocycles. The van der Waals surface area contributed by atoms with Crippen LogP contribution in [0.5, 0.6) is 11.8 Å². The number of pyridine rings is 2. The minimum absolute atomic E-state index is 0.0224. The van der Waals surface area contributed by atoms with Crippen molar-refractivity contribution in [2.24, 2.45) is 0 Å². The molecule has 0 aliphatic heterocycles. The van der Waals surface area contributed by atoms with Gasteiger partial charge in [-0.2, -0.15) is 0 Å². The highest BCUT2D eigenvalue weighted by Crippen LogP contribution is 2.41. The van der Waals surface area contributed by atoms with Gasteiger partial charge in [-0.1, -0.05) is 72.8 Å². The highest BCUT2D eigenvalue weighted by Gasteiger charge is 2.21. The molecule has 0 saturated carbocycles. The molecule has 268 valence electrons. The second-order valence-electron chi connectivity index (χ2n) is 12.5. The summed E-state index contributed by atoms with van der Waals surface area (Å²) in [5, 5.41) is 0. The van der Waals surface area contributed by atoms with E-state index in [2.05, 4.69) is 0 Å². The van der Waals surface area contributed by atoms with Gasteiger partial charge < -0.3 is 14.5 Å². The Balaban J connectivity index is 1.33. The van der Waals surface area contributed by atoms with E-state index < -0.39 is 23.3 Å². The molecular formula is C46H30F4N4O. The van der Waals surface area contributed by atoms with E-state index >= 15 is 8.78 Å². The van der Waals surface area contributed by atoms with Crippen molar-refractivity contribution in [1.29, 1.82) is 0 Å². The quantitative estimate of drug-likeness (QED) is 0.131. The molecule has 0 bridgehead atoms. The van der Waals surface area contributed by atoms with E-state index in [4.69, 9.17) is 14.7 Å². The normalized spacial score (nSPS) is 10.9. The Bertz CT molecular complexity index is 2320. The summed E-state index contributed by atoms with van der Waals surface area (Å²) in [6.45, 7) is 0. The molecule has 0 amide bonds. The van der Waals surface area contributed by atoms with E-state index in [0.29, 0.717) is 11.4 Å². The zero-order valence-corrected chi connectivity index (χ0v) is 29.0. The molecule has 2 aromatic heterocycles. The molecule has 0 aliphatic rings. The Hall–Kier alpha value is -7.26. The van der Waals surface area contributed by atoms with Crippen molar-refractivity contribution in [3.05, 3.63) is 205 Å². The maximum absolute atomic E-state index is 15.4. The molecule has 0 spiro atoms. The van der Waals surface area contributed by atoms with Crippen LogP contribution in [-0.2, 0) is 0 Å². The zero-order valence-electron chi connectivity index (χ0n) is 29.0. The lowest BCUT2D eigenvalue weighted by atomic mass is 10.1. The Morgan fingerprint density at radius 3 is 0.982 bits per heavy atom. The number of hydrogen-bond donors (Lipinski definition) is 0. The molecule has 55 heavy (non-hydrogen) atoms. The van der Waals surface area contributed by atoms with Gasteiger partial charge in [0.2, 0.25) is 11.8 Å². The molecule has 0 N–H and O–H groups in total. The van der Waals surface area contributed by atoms with Crippen LogP contribution in [-0.4, -0.2) is 9.97 Å². The summed E-state index contributed by atoms with van der Waals surface area (Å²) in [5.41, 5.74) is 4.72. The van der Waals surface area contributed by atoms with Gasteiger partial charge in [-0.25, -0.2) is 27.5 Å². The average Bonchev–Trinajstić information content (AvgIpc) is 3.20. The van der Waals surface area contributed by atoms with E-state index in [-0.39, 0.29) is 34.3 Å². The fourth-order valence-electron chi connectivity index (χ4n) is 6.33. The van der Waals surface area contributed by atoms with E-state index in [1.54, 1.807) is 24.3 Å². The van der Waals surface area contributed by atoms with Crippen molar-refractivity contribution in [3.8, 4) is 34.3 Å². The van der Waals surface area contributed by atoms with Gasteiger partial charge in [-0.05, 0) is 84.9 Å². The van der Waals surface area contributed by atoms with Crippen molar-refractivity contribution < 1.29 is 22.3 Å². The smallest absolute Gasteiger partial charge is 0.223 e. The number of hydrogen-bond acceptors (Lipinski definition) is 5. The first-order valence-electron chi connectivity index (χ1n) is 17.3. The van der Waals surface area contributed by atoms with Crippen molar-refractivity contribution in [2.75, 3.05) is 9.80 Å². The van der Waals surface area contributed by atoms with Crippen molar-refractivity contribution in [3.63, 3.8) is 0 Å². The Labute approximate surface area is 315 Å². The van der Waals surface area contributed by atoms with Crippen molar-refractivity contribution in [1.82, 2.24) is 9.97 Å². The largest absolute Gasteiger partial charge is 0.421 e. The number of ether oxygens (including phenoxy) is 1. The first-order valence-corrected chi connectivity index (χ1v) is 17.3. The summed E-state index contributed by atoms with van der Waals surface area (Å²) in [6.07, 6.45) is 0. The maximum atomic E-state index is 15.4. The van der Waals surface area contributed by atoms with Crippen LogP contribution in [0, 0.1) is 23.3 Å². The number of para-hydroxylation sites is 4. The molecule has 2 heterocycles. The van der Waals surface area contributed by atoms with Crippen LogP contribution in [0.15, 0.2) is 182 Å². The molecule has 8 aromatic rings. The van der Waals surface area contributed by atoms with Crippen molar-refractivity contribution in [2.45, 2.75) is 0 Å². The fourth-order valence-corrected chi connectivity index (χ4v) is 6.33. The van der Waals surface area contributed by atoms with Crippen LogP contribution >= 0.6 is 0 Å².